The Balaban J connectivity index is 1.71. The van der Waals surface area contributed by atoms with E-state index in [0.717, 1.165) is 28.1 Å². The first-order valence-corrected chi connectivity index (χ1v) is 6.55. The minimum atomic E-state index is 0.759. The molecule has 0 saturated heterocycles. The molecule has 0 aromatic rings. The maximum absolute atomic E-state index is 2.54. The fourth-order valence-corrected chi connectivity index (χ4v) is 4.75. The van der Waals surface area contributed by atoms with E-state index in [9.17, 15) is 0 Å². The molecule has 0 bridgehead atoms. The molecule has 0 aliphatic heterocycles. The third-order valence-electron chi connectivity index (χ3n) is 6.41. The van der Waals surface area contributed by atoms with Gasteiger partial charge in [0.2, 0.25) is 0 Å². The average molecular weight is 192 g/mol. The highest BCUT2D eigenvalue weighted by molar-refractivity contribution is 5.39. The van der Waals surface area contributed by atoms with Crippen LogP contribution in [-0.2, 0) is 0 Å². The molecule has 0 aromatic heterocycles. The minimum Gasteiger partial charge on any atom is -0.0651 e. The van der Waals surface area contributed by atoms with Crippen molar-refractivity contribution in [2.75, 3.05) is 0 Å². The number of hydrogen-bond donors (Lipinski definition) is 0. The van der Waals surface area contributed by atoms with Crippen LogP contribution in [0.15, 0.2) is 0 Å². The molecule has 3 rings (SSSR count). The number of fused-ring (bicyclic) bond motifs is 1. The first-order valence-electron chi connectivity index (χ1n) is 6.55. The van der Waals surface area contributed by atoms with Gasteiger partial charge in [-0.1, -0.05) is 40.5 Å². The van der Waals surface area contributed by atoms with Gasteiger partial charge in [-0.05, 0) is 47.3 Å². The predicted molar refractivity (Wildman–Crippen MR) is 60.1 cm³/mol. The number of hydrogen-bond acceptors (Lipinski definition) is 0. The van der Waals surface area contributed by atoms with Crippen molar-refractivity contribution in [2.24, 2.45) is 28.1 Å². The first kappa shape index (κ1) is 9.24. The van der Waals surface area contributed by atoms with Crippen molar-refractivity contribution < 1.29 is 0 Å². The minimum absolute atomic E-state index is 0.759. The number of rotatable bonds is 3. The van der Waals surface area contributed by atoms with Crippen LogP contribution in [0.4, 0.5) is 0 Å². The fourth-order valence-electron chi connectivity index (χ4n) is 4.75. The van der Waals surface area contributed by atoms with Crippen LogP contribution in [0, 0.1) is 28.1 Å². The van der Waals surface area contributed by atoms with Crippen molar-refractivity contribution in [1.82, 2.24) is 0 Å². The summed E-state index contributed by atoms with van der Waals surface area (Å²) in [5.74, 6) is 2.11. The Labute approximate surface area is 88.5 Å². The van der Waals surface area contributed by atoms with Crippen LogP contribution in [0.25, 0.3) is 0 Å². The smallest absolute Gasteiger partial charge is 0.0173 e. The molecule has 3 fully saturated rings. The molecule has 3 aliphatic carbocycles. The average Bonchev–Trinajstić information content (AvgIpc) is 3.08. The summed E-state index contributed by atoms with van der Waals surface area (Å²) in [5, 5.41) is 0. The fraction of sp³-hybridized carbons (Fsp3) is 1.00. The lowest BCUT2D eigenvalue weighted by Crippen LogP contribution is -2.02. The van der Waals surface area contributed by atoms with Gasteiger partial charge in [0.25, 0.3) is 0 Å². The second-order valence-corrected chi connectivity index (χ2v) is 6.70. The highest BCUT2D eigenvalue weighted by Gasteiger charge is 2.91. The summed E-state index contributed by atoms with van der Waals surface area (Å²) in [6.07, 6.45) is 7.55. The van der Waals surface area contributed by atoms with E-state index in [4.69, 9.17) is 0 Å². The summed E-state index contributed by atoms with van der Waals surface area (Å²) in [4.78, 5) is 0. The van der Waals surface area contributed by atoms with Gasteiger partial charge in [0.1, 0.15) is 0 Å². The highest BCUT2D eigenvalue weighted by atomic mass is 14.9. The van der Waals surface area contributed by atoms with Crippen LogP contribution in [0.3, 0.4) is 0 Å². The molecule has 14 heavy (non-hydrogen) atoms. The molecule has 0 nitrogen and oxygen atoms in total. The van der Waals surface area contributed by atoms with Gasteiger partial charge in [0.05, 0.1) is 0 Å². The van der Waals surface area contributed by atoms with Gasteiger partial charge in [0.15, 0.2) is 0 Å². The molecule has 5 unspecified atom stereocenters. The van der Waals surface area contributed by atoms with Gasteiger partial charge in [0, 0.05) is 0 Å². The van der Waals surface area contributed by atoms with Crippen LogP contribution in [0.2, 0.25) is 0 Å². The lowest BCUT2D eigenvalue weighted by molar-refractivity contribution is 0.397. The van der Waals surface area contributed by atoms with Crippen LogP contribution in [0.5, 0.6) is 0 Å². The molecule has 0 heterocycles. The summed E-state index contributed by atoms with van der Waals surface area (Å²) in [7, 11) is 0. The van der Waals surface area contributed by atoms with E-state index in [1.807, 2.05) is 0 Å². The Bertz CT molecular complexity index is 282. The molecule has 80 valence electrons. The SMILES string of the molecule is CCC(C)C1CC12CC21CC1(C)CC. The second kappa shape index (κ2) is 2.23. The Morgan fingerprint density at radius 1 is 1.29 bits per heavy atom. The molecular weight excluding hydrogens is 168 g/mol. The van der Waals surface area contributed by atoms with Gasteiger partial charge in [-0.3, -0.25) is 0 Å². The van der Waals surface area contributed by atoms with Crippen molar-refractivity contribution in [2.45, 2.75) is 59.8 Å². The van der Waals surface area contributed by atoms with Crippen molar-refractivity contribution >= 4 is 0 Å². The molecular formula is C14H24. The quantitative estimate of drug-likeness (QED) is 0.627. The van der Waals surface area contributed by atoms with E-state index in [1.165, 1.54) is 12.8 Å². The molecule has 5 atom stereocenters. The zero-order chi connectivity index (χ0) is 10.2. The molecule has 0 N–H and O–H groups in total. The molecule has 2 spiro atoms. The summed E-state index contributed by atoms with van der Waals surface area (Å²) >= 11 is 0. The van der Waals surface area contributed by atoms with Crippen LogP contribution >= 0.6 is 0 Å². The summed E-state index contributed by atoms with van der Waals surface area (Å²) in [6, 6.07) is 0. The third kappa shape index (κ3) is 0.750. The van der Waals surface area contributed by atoms with E-state index >= 15 is 0 Å². The predicted octanol–water partition coefficient (Wildman–Crippen LogP) is 4.25. The van der Waals surface area contributed by atoms with Gasteiger partial charge < -0.3 is 0 Å². The van der Waals surface area contributed by atoms with Crippen LogP contribution in [0.1, 0.15) is 59.8 Å². The van der Waals surface area contributed by atoms with Gasteiger partial charge in [-0.15, -0.1) is 0 Å². The normalized spacial score (nSPS) is 60.4. The maximum atomic E-state index is 2.54. The lowest BCUT2D eigenvalue weighted by atomic mass is 9.96. The van der Waals surface area contributed by atoms with Crippen molar-refractivity contribution in [3.05, 3.63) is 0 Å². The lowest BCUT2D eigenvalue weighted by Gasteiger charge is -2.09. The van der Waals surface area contributed by atoms with E-state index in [1.54, 1.807) is 19.3 Å². The second-order valence-electron chi connectivity index (χ2n) is 6.70. The molecule has 3 aliphatic rings. The van der Waals surface area contributed by atoms with E-state index in [2.05, 4.69) is 27.7 Å². The van der Waals surface area contributed by atoms with E-state index in [-0.39, 0.29) is 0 Å². The Hall–Kier alpha value is 0. The standard InChI is InChI=1S/C14H24/c1-5-10(3)11-7-13(11)9-14(13)8-12(14,4)6-2/h10-11H,5-9H2,1-4H3. The molecule has 0 amide bonds. The van der Waals surface area contributed by atoms with Crippen molar-refractivity contribution in [3.63, 3.8) is 0 Å². The van der Waals surface area contributed by atoms with E-state index < -0.39 is 0 Å². The van der Waals surface area contributed by atoms with Crippen molar-refractivity contribution in [1.29, 1.82) is 0 Å². The molecule has 3 saturated carbocycles. The largest absolute Gasteiger partial charge is 0.0651 e. The zero-order valence-electron chi connectivity index (χ0n) is 10.2. The summed E-state index contributed by atoms with van der Waals surface area (Å²) in [5.41, 5.74) is 2.51. The van der Waals surface area contributed by atoms with Crippen molar-refractivity contribution in [3.8, 4) is 0 Å². The molecule has 0 aromatic carbocycles. The highest BCUT2D eigenvalue weighted by Crippen LogP contribution is 2.98. The third-order valence-corrected chi connectivity index (χ3v) is 6.41. The molecule has 0 radical (unpaired) electrons. The Kier molecular flexibility index (Phi) is 1.47. The monoisotopic (exact) mass is 192 g/mol. The van der Waals surface area contributed by atoms with E-state index in [0.29, 0.717) is 0 Å². The van der Waals surface area contributed by atoms with Gasteiger partial charge >= 0.3 is 0 Å². The Morgan fingerprint density at radius 3 is 2.50 bits per heavy atom. The summed E-state index contributed by atoms with van der Waals surface area (Å²) in [6.45, 7) is 9.75. The van der Waals surface area contributed by atoms with Gasteiger partial charge in [-0.2, -0.15) is 0 Å². The van der Waals surface area contributed by atoms with Crippen LogP contribution < -0.4 is 0 Å². The Morgan fingerprint density at radius 2 is 2.00 bits per heavy atom. The molecule has 0 heteroatoms. The zero-order valence-corrected chi connectivity index (χ0v) is 10.2. The van der Waals surface area contributed by atoms with Crippen LogP contribution in [-0.4, -0.2) is 0 Å². The first-order chi connectivity index (χ1) is 6.55. The summed E-state index contributed by atoms with van der Waals surface area (Å²) < 4.78 is 0. The topological polar surface area (TPSA) is 0 Å². The van der Waals surface area contributed by atoms with Gasteiger partial charge in [-0.25, -0.2) is 0 Å². The maximum Gasteiger partial charge on any atom is -0.0173 e.